The smallest absolute Gasteiger partial charge is 0.225 e. The number of hydrogen-bond donors (Lipinski definition) is 1. The van der Waals surface area contributed by atoms with Gasteiger partial charge in [0, 0.05) is 16.7 Å². The number of amides is 1. The standard InChI is InChI=1S/C11H21NOS/c1-10(2,3)9(13)12-8-11(14-4)6-5-7-11/h5-8H2,1-4H3,(H,12,13). The van der Waals surface area contributed by atoms with Crippen LogP contribution in [-0.4, -0.2) is 23.5 Å². The summed E-state index contributed by atoms with van der Waals surface area (Å²) in [7, 11) is 0. The fourth-order valence-electron chi connectivity index (χ4n) is 1.53. The van der Waals surface area contributed by atoms with E-state index >= 15 is 0 Å². The molecular weight excluding hydrogens is 194 g/mol. The van der Waals surface area contributed by atoms with Gasteiger partial charge in [-0.25, -0.2) is 0 Å². The molecule has 0 unspecified atom stereocenters. The lowest BCUT2D eigenvalue weighted by molar-refractivity contribution is -0.128. The zero-order valence-electron chi connectivity index (χ0n) is 9.64. The molecule has 82 valence electrons. The van der Waals surface area contributed by atoms with Gasteiger partial charge < -0.3 is 5.32 Å². The number of nitrogens with one attached hydrogen (secondary N) is 1. The van der Waals surface area contributed by atoms with Crippen LogP contribution in [0.15, 0.2) is 0 Å². The van der Waals surface area contributed by atoms with Crippen molar-refractivity contribution in [1.29, 1.82) is 0 Å². The molecule has 0 aromatic heterocycles. The highest BCUT2D eigenvalue weighted by atomic mass is 32.2. The summed E-state index contributed by atoms with van der Waals surface area (Å²) >= 11 is 1.90. The second kappa shape index (κ2) is 4.13. The second-order valence-electron chi connectivity index (χ2n) is 5.17. The Morgan fingerprint density at radius 1 is 1.43 bits per heavy atom. The second-order valence-corrected chi connectivity index (χ2v) is 6.45. The maximum absolute atomic E-state index is 11.6. The molecule has 1 N–H and O–H groups in total. The number of rotatable bonds is 3. The van der Waals surface area contributed by atoms with Gasteiger partial charge in [0.05, 0.1) is 0 Å². The van der Waals surface area contributed by atoms with E-state index in [9.17, 15) is 4.79 Å². The first-order chi connectivity index (χ1) is 6.40. The first-order valence-corrected chi connectivity index (χ1v) is 6.46. The maximum Gasteiger partial charge on any atom is 0.225 e. The summed E-state index contributed by atoms with van der Waals surface area (Å²) < 4.78 is 0.348. The molecule has 3 heteroatoms. The molecule has 14 heavy (non-hydrogen) atoms. The minimum Gasteiger partial charge on any atom is -0.354 e. The highest BCUT2D eigenvalue weighted by Gasteiger charge is 2.37. The van der Waals surface area contributed by atoms with E-state index in [1.807, 2.05) is 32.5 Å². The molecule has 0 radical (unpaired) electrons. The molecule has 0 aromatic carbocycles. The van der Waals surface area contributed by atoms with E-state index in [0.29, 0.717) is 4.75 Å². The average molecular weight is 215 g/mol. The summed E-state index contributed by atoms with van der Waals surface area (Å²) in [5, 5.41) is 3.06. The van der Waals surface area contributed by atoms with Gasteiger partial charge in [0.1, 0.15) is 0 Å². The van der Waals surface area contributed by atoms with Crippen LogP contribution in [0, 0.1) is 5.41 Å². The van der Waals surface area contributed by atoms with Gasteiger partial charge in [-0.1, -0.05) is 27.2 Å². The van der Waals surface area contributed by atoms with Gasteiger partial charge in [-0.3, -0.25) is 4.79 Å². The van der Waals surface area contributed by atoms with Crippen molar-refractivity contribution in [2.45, 2.75) is 44.8 Å². The lowest BCUT2D eigenvalue weighted by atomic mass is 9.83. The Kier molecular flexibility index (Phi) is 3.51. The van der Waals surface area contributed by atoms with Crippen LogP contribution in [0.1, 0.15) is 40.0 Å². The molecule has 1 amide bonds. The number of carbonyl (C=O) groups excluding carboxylic acids is 1. The predicted octanol–water partition coefficient (Wildman–Crippen LogP) is 2.43. The molecular formula is C11H21NOS. The van der Waals surface area contributed by atoms with Crippen molar-refractivity contribution >= 4 is 17.7 Å². The molecule has 1 fully saturated rings. The topological polar surface area (TPSA) is 29.1 Å². The fourth-order valence-corrected chi connectivity index (χ4v) is 2.44. The lowest BCUT2D eigenvalue weighted by Crippen LogP contribution is -2.47. The molecule has 1 aliphatic rings. The van der Waals surface area contributed by atoms with E-state index in [4.69, 9.17) is 0 Å². The van der Waals surface area contributed by atoms with Crippen LogP contribution < -0.4 is 5.32 Å². The Balaban J connectivity index is 2.36. The third-order valence-corrected chi connectivity index (χ3v) is 4.37. The summed E-state index contributed by atoms with van der Waals surface area (Å²) in [4.78, 5) is 11.6. The van der Waals surface area contributed by atoms with Crippen LogP contribution >= 0.6 is 11.8 Å². The van der Waals surface area contributed by atoms with Gasteiger partial charge in [-0.2, -0.15) is 11.8 Å². The highest BCUT2D eigenvalue weighted by Crippen LogP contribution is 2.42. The molecule has 0 bridgehead atoms. The van der Waals surface area contributed by atoms with Gasteiger partial charge >= 0.3 is 0 Å². The average Bonchev–Trinajstić information content (AvgIpc) is 2.01. The van der Waals surface area contributed by atoms with E-state index < -0.39 is 0 Å². The van der Waals surface area contributed by atoms with Crippen LogP contribution in [-0.2, 0) is 4.79 Å². The first kappa shape index (κ1) is 11.9. The molecule has 1 rings (SSSR count). The minimum atomic E-state index is -0.261. The Bertz CT molecular complexity index is 210. The van der Waals surface area contributed by atoms with E-state index in [1.165, 1.54) is 19.3 Å². The zero-order chi connectivity index (χ0) is 10.8. The third kappa shape index (κ3) is 2.66. The molecule has 0 spiro atoms. The molecule has 1 aliphatic carbocycles. The summed E-state index contributed by atoms with van der Waals surface area (Å²) in [6, 6.07) is 0. The van der Waals surface area contributed by atoms with Gasteiger partial charge in [0.2, 0.25) is 5.91 Å². The molecule has 1 saturated carbocycles. The van der Waals surface area contributed by atoms with Crippen molar-refractivity contribution in [3.05, 3.63) is 0 Å². The van der Waals surface area contributed by atoms with Crippen molar-refractivity contribution in [1.82, 2.24) is 5.32 Å². The highest BCUT2D eigenvalue weighted by molar-refractivity contribution is 8.00. The maximum atomic E-state index is 11.6. The van der Waals surface area contributed by atoms with Gasteiger partial charge in [0.25, 0.3) is 0 Å². The molecule has 0 aromatic rings. The minimum absolute atomic E-state index is 0.165. The van der Waals surface area contributed by atoms with E-state index in [2.05, 4.69) is 11.6 Å². The number of carbonyl (C=O) groups is 1. The van der Waals surface area contributed by atoms with E-state index in [0.717, 1.165) is 6.54 Å². The summed E-state index contributed by atoms with van der Waals surface area (Å²) in [5.41, 5.74) is -0.261. The Labute approximate surface area is 91.2 Å². The van der Waals surface area contributed by atoms with Gasteiger partial charge in [-0.15, -0.1) is 0 Å². The number of thioether (sulfide) groups is 1. The third-order valence-electron chi connectivity index (χ3n) is 2.95. The lowest BCUT2D eigenvalue weighted by Gasteiger charge is -2.41. The first-order valence-electron chi connectivity index (χ1n) is 5.23. The molecule has 0 aliphatic heterocycles. The van der Waals surface area contributed by atoms with Gasteiger partial charge in [-0.05, 0) is 19.1 Å². The normalized spacial score (nSPS) is 20.0. The summed E-state index contributed by atoms with van der Waals surface area (Å²) in [6.07, 6.45) is 5.95. The quantitative estimate of drug-likeness (QED) is 0.783. The fraction of sp³-hybridized carbons (Fsp3) is 0.909. The monoisotopic (exact) mass is 215 g/mol. The Morgan fingerprint density at radius 3 is 2.29 bits per heavy atom. The Hall–Kier alpha value is -0.180. The molecule has 2 nitrogen and oxygen atoms in total. The van der Waals surface area contributed by atoms with Crippen molar-refractivity contribution in [2.75, 3.05) is 12.8 Å². The predicted molar refractivity (Wildman–Crippen MR) is 62.6 cm³/mol. The van der Waals surface area contributed by atoms with Crippen molar-refractivity contribution in [3.8, 4) is 0 Å². The van der Waals surface area contributed by atoms with Crippen LogP contribution in [0.2, 0.25) is 0 Å². The van der Waals surface area contributed by atoms with Crippen LogP contribution in [0.25, 0.3) is 0 Å². The van der Waals surface area contributed by atoms with Crippen molar-refractivity contribution < 1.29 is 4.79 Å². The molecule has 0 heterocycles. The van der Waals surface area contributed by atoms with Gasteiger partial charge in [0.15, 0.2) is 0 Å². The van der Waals surface area contributed by atoms with Crippen molar-refractivity contribution in [2.24, 2.45) is 5.41 Å². The number of hydrogen-bond acceptors (Lipinski definition) is 2. The summed E-state index contributed by atoms with van der Waals surface area (Å²) in [5.74, 6) is 0.165. The molecule has 0 atom stereocenters. The zero-order valence-corrected chi connectivity index (χ0v) is 10.5. The van der Waals surface area contributed by atoms with Crippen molar-refractivity contribution in [3.63, 3.8) is 0 Å². The molecule has 0 saturated heterocycles. The van der Waals surface area contributed by atoms with E-state index in [-0.39, 0.29) is 11.3 Å². The van der Waals surface area contributed by atoms with Crippen LogP contribution in [0.5, 0.6) is 0 Å². The van der Waals surface area contributed by atoms with Crippen LogP contribution in [0.3, 0.4) is 0 Å². The largest absolute Gasteiger partial charge is 0.354 e. The Morgan fingerprint density at radius 2 is 2.00 bits per heavy atom. The van der Waals surface area contributed by atoms with E-state index in [1.54, 1.807) is 0 Å². The SMILES string of the molecule is CSC1(CNC(=O)C(C)(C)C)CCC1. The van der Waals surface area contributed by atoms with Crippen LogP contribution in [0.4, 0.5) is 0 Å². The summed E-state index contributed by atoms with van der Waals surface area (Å²) in [6.45, 7) is 6.70.